The van der Waals surface area contributed by atoms with Gasteiger partial charge < -0.3 is 38.3 Å². The summed E-state index contributed by atoms with van der Waals surface area (Å²) in [6.45, 7) is 10.2. The van der Waals surface area contributed by atoms with Crippen molar-refractivity contribution in [1.29, 1.82) is 0 Å². The van der Waals surface area contributed by atoms with Gasteiger partial charge in [-0.3, -0.25) is 28.2 Å². The molecule has 3 aliphatic rings. The van der Waals surface area contributed by atoms with E-state index in [2.05, 4.69) is 41.5 Å². The predicted molar refractivity (Wildman–Crippen MR) is 372 cm³/mol. The molecule has 0 aliphatic carbocycles. The first-order valence-electron chi connectivity index (χ1n) is 28.7. The Balaban J connectivity index is 0.000000164. The summed E-state index contributed by atoms with van der Waals surface area (Å²) >= 11 is 6.66. The number of aromatic nitrogens is 4. The molecule has 0 atom stereocenters. The third-order valence-electron chi connectivity index (χ3n) is 16.2. The third-order valence-corrected chi connectivity index (χ3v) is 21.2. The number of amides is 2. The number of rotatable bonds is 12. The first-order chi connectivity index (χ1) is 43.6. The molecule has 29 heteroatoms. The van der Waals surface area contributed by atoms with Crippen LogP contribution in [0.1, 0.15) is 69.6 Å². The quantitative estimate of drug-likeness (QED) is 0.0852. The number of nitrogens with one attached hydrogen (secondary N) is 2. The van der Waals surface area contributed by atoms with Crippen molar-refractivity contribution in [3.63, 3.8) is 0 Å². The van der Waals surface area contributed by atoms with Crippen LogP contribution < -0.4 is 24.7 Å². The Kier molecular flexibility index (Phi) is 20.2. The number of furan rings is 2. The second-order valence-corrected chi connectivity index (χ2v) is 30.0. The predicted octanol–water partition coefficient (Wildman–Crippen LogP) is 12.2. The fraction of sp³-hybridized carbons (Fsp3) is 0.281. The molecule has 0 saturated carbocycles. The number of hydrogen-bond donors (Lipinski definition) is 2. The molecule has 6 aromatic heterocycles. The molecule has 9 heterocycles. The van der Waals surface area contributed by atoms with Crippen molar-refractivity contribution in [2.24, 2.45) is 0 Å². The first-order valence-corrected chi connectivity index (χ1v) is 34.8. The topological polar surface area (TPSA) is 248 Å². The van der Waals surface area contributed by atoms with Crippen LogP contribution in [0.5, 0.6) is 0 Å². The number of ether oxygens (including phenoxy) is 2. The average molecular weight is 1520 g/mol. The molecule has 2 N–H and O–H groups in total. The maximum Gasteiger partial charge on any atom is 0.497 e. The van der Waals surface area contributed by atoms with E-state index in [0.29, 0.717) is 75.3 Å². The summed E-state index contributed by atoms with van der Waals surface area (Å²) in [5, 5.41) is 8.00. The number of fused-ring (bicyclic) bond motifs is 4. The van der Waals surface area contributed by atoms with Gasteiger partial charge in [-0.05, 0) is 116 Å². The molecular weight excluding hydrogens is 1460 g/mol. The van der Waals surface area contributed by atoms with Gasteiger partial charge in [0.1, 0.15) is 44.3 Å². The lowest BCUT2D eigenvalue weighted by molar-refractivity contribution is 0.00578. The lowest BCUT2D eigenvalue weighted by atomic mass is 9.77. The van der Waals surface area contributed by atoms with Crippen LogP contribution in [0.15, 0.2) is 123 Å². The molecule has 0 unspecified atom stereocenters. The number of hydrogen-bond acceptors (Lipinski definition) is 18. The van der Waals surface area contributed by atoms with Gasteiger partial charge in [0.25, 0.3) is 11.8 Å². The average Bonchev–Trinajstić information content (AvgIpc) is 1.63. The van der Waals surface area contributed by atoms with Gasteiger partial charge in [0, 0.05) is 132 Å². The summed E-state index contributed by atoms with van der Waals surface area (Å²) in [6.07, 6.45) is 10.9. The molecular formula is C64H63BBrF2IN8O12S4. The zero-order valence-corrected chi connectivity index (χ0v) is 59.2. The van der Waals surface area contributed by atoms with E-state index in [0.717, 1.165) is 76.8 Å². The molecule has 93 heavy (non-hydrogen) atoms. The van der Waals surface area contributed by atoms with Crippen molar-refractivity contribution >= 4 is 140 Å². The number of benzene rings is 4. The van der Waals surface area contributed by atoms with Crippen LogP contribution in [-0.4, -0.2) is 121 Å². The maximum atomic E-state index is 13.7. The van der Waals surface area contributed by atoms with E-state index in [1.165, 1.54) is 87.3 Å². The van der Waals surface area contributed by atoms with Crippen LogP contribution in [0.3, 0.4) is 0 Å². The Morgan fingerprint density at radius 3 is 1.48 bits per heavy atom. The highest BCUT2D eigenvalue weighted by atomic mass is 127. The Morgan fingerprint density at radius 1 is 0.602 bits per heavy atom. The largest absolute Gasteiger partial charge is 0.497 e. The van der Waals surface area contributed by atoms with Crippen LogP contribution >= 0.6 is 62.6 Å². The van der Waals surface area contributed by atoms with Crippen molar-refractivity contribution in [1.82, 2.24) is 30.6 Å². The first kappa shape index (κ1) is 68.8. The molecule has 3 aliphatic heterocycles. The van der Waals surface area contributed by atoms with Gasteiger partial charge >= 0.3 is 7.12 Å². The molecule has 20 nitrogen and oxygen atoms in total. The van der Waals surface area contributed by atoms with Crippen LogP contribution in [-0.2, 0) is 64.9 Å². The van der Waals surface area contributed by atoms with E-state index in [1.54, 1.807) is 65.5 Å². The lowest BCUT2D eigenvalue weighted by Gasteiger charge is -2.32. The molecule has 1 fully saturated rings. The minimum absolute atomic E-state index is 0. The highest BCUT2D eigenvalue weighted by Gasteiger charge is 2.53. The molecule has 0 bridgehead atoms. The lowest BCUT2D eigenvalue weighted by Crippen LogP contribution is -2.41. The summed E-state index contributed by atoms with van der Waals surface area (Å²) in [5.41, 5.74) is 6.99. The van der Waals surface area contributed by atoms with E-state index >= 15 is 0 Å². The van der Waals surface area contributed by atoms with Crippen LogP contribution in [0.2, 0.25) is 0 Å². The Bertz CT molecular complexity index is 4680. The minimum atomic E-state index is -3.67. The molecule has 486 valence electrons. The van der Waals surface area contributed by atoms with Crippen molar-refractivity contribution in [2.75, 3.05) is 62.5 Å². The summed E-state index contributed by atoms with van der Waals surface area (Å²) in [6, 6.07) is 21.7. The van der Waals surface area contributed by atoms with Crippen LogP contribution in [0.4, 0.5) is 20.2 Å². The number of carbonyl (C=O) groups is 2. The smallest absolute Gasteiger partial charge is 0.455 e. The second-order valence-electron chi connectivity index (χ2n) is 22.8. The van der Waals surface area contributed by atoms with Crippen molar-refractivity contribution < 1.29 is 62.8 Å². The number of nitrogens with zero attached hydrogens (tertiary/aromatic N) is 6. The van der Waals surface area contributed by atoms with Gasteiger partial charge in [0.05, 0.1) is 93.8 Å². The number of thiazole rings is 2. The molecule has 4 aromatic carbocycles. The van der Waals surface area contributed by atoms with E-state index < -0.39 is 61.8 Å². The normalized spacial score (nSPS) is 14.8. The number of sulfonamides is 2. The maximum absolute atomic E-state index is 13.7. The molecule has 10 aromatic rings. The van der Waals surface area contributed by atoms with Crippen LogP contribution in [0, 0.1) is 11.6 Å². The Labute approximate surface area is 569 Å². The third kappa shape index (κ3) is 14.3. The number of pyridine rings is 2. The minimum Gasteiger partial charge on any atom is -0.455 e. The molecule has 13 rings (SSSR count). The number of anilines is 2. The van der Waals surface area contributed by atoms with Crippen LogP contribution in [0.25, 0.3) is 76.9 Å². The van der Waals surface area contributed by atoms with Gasteiger partial charge in [-0.15, -0.1) is 46.7 Å². The van der Waals surface area contributed by atoms with Crippen molar-refractivity contribution in [2.45, 2.75) is 65.0 Å². The molecule has 2 amide bonds. The fourth-order valence-corrected chi connectivity index (χ4v) is 13.8. The highest BCUT2D eigenvalue weighted by molar-refractivity contribution is 14.0. The Morgan fingerprint density at radius 2 is 1.03 bits per heavy atom. The number of halogens is 4. The zero-order valence-electron chi connectivity index (χ0n) is 52.0. The SMILES string of the molecule is Brc1cncc(-c2nc3c(s2)COCC3)c1.CNC(=O)c1c(-c2ccc(F)cc2)oc2cc(N(C)S(C)(=O)=O)c(-c3cncc(-c4nc5c(s4)COCC5)c3)cc12.CNC(=O)c1c(-c2ccc(F)cc2)oc2cc(N(C)S(C)(=O)=O)c(B3OC(C)(C)C(C)(C)O3)cc12.I. The van der Waals surface area contributed by atoms with E-state index in [-0.39, 0.29) is 52.2 Å². The van der Waals surface area contributed by atoms with E-state index in [4.69, 9.17) is 32.6 Å². The van der Waals surface area contributed by atoms with Gasteiger partial charge in [-0.25, -0.2) is 35.6 Å². The van der Waals surface area contributed by atoms with Gasteiger partial charge in [0.2, 0.25) is 20.0 Å². The summed E-state index contributed by atoms with van der Waals surface area (Å²) in [4.78, 5) is 46.5. The Hall–Kier alpha value is -7.07. The second kappa shape index (κ2) is 27.3. The molecule has 0 radical (unpaired) electrons. The monoisotopic (exact) mass is 1520 g/mol. The van der Waals surface area contributed by atoms with Gasteiger partial charge in [0.15, 0.2) is 0 Å². The van der Waals surface area contributed by atoms with Crippen molar-refractivity contribution in [3.05, 3.63) is 158 Å². The van der Waals surface area contributed by atoms with Gasteiger partial charge in [-0.2, -0.15) is 0 Å². The van der Waals surface area contributed by atoms with Gasteiger partial charge in [-0.1, -0.05) is 0 Å². The van der Waals surface area contributed by atoms with E-state index in [9.17, 15) is 35.2 Å². The molecule has 1 saturated heterocycles. The standard InChI is InChI=1S/C29H25FN4O5S2.C24H28BFN2O6S.C11H9BrN2OS.HI/c1-31-28(35)26-21-11-20(17-10-18(14-32-13-17)29-33-22-8-9-38-15-25(22)40-29)23(34(2)41(3,36)37)12-24(21)39-27(26)16-4-6-19(30)7-5-16;1-23(2)24(3,4)34-25(33-23)17-12-16-19(13-18(17)28(6)35(7,30)31)32-21(20(16)22(29)27-5)14-8-10-15(26)11-9-14;12-8-3-7(4-13-5-8)11-14-9-1-2-15-6-10(9)16-11;/h4-7,10-14H,8-9,15H2,1-3H3,(H,31,35);8-13H,1-7H3,(H,27,29);3-5H,1-2,6H2;1H. The highest BCUT2D eigenvalue weighted by Crippen LogP contribution is 2.44. The molecule has 0 spiro atoms. The fourth-order valence-electron chi connectivity index (χ4n) is 10.4. The summed E-state index contributed by atoms with van der Waals surface area (Å²) < 4.78 is 116. The number of carbonyl (C=O) groups excluding carboxylic acids is 2. The van der Waals surface area contributed by atoms with Crippen molar-refractivity contribution in [3.8, 4) is 54.9 Å². The summed E-state index contributed by atoms with van der Waals surface area (Å²) in [5.74, 6) is -1.18. The van der Waals surface area contributed by atoms with E-state index in [1.807, 2.05) is 46.0 Å². The zero-order chi connectivity index (χ0) is 65.8. The summed E-state index contributed by atoms with van der Waals surface area (Å²) in [7, 11) is -2.34.